The topological polar surface area (TPSA) is 38.3 Å². The van der Waals surface area contributed by atoms with E-state index in [9.17, 15) is 4.79 Å². The van der Waals surface area contributed by atoms with Crippen LogP contribution in [0.5, 0.6) is 0 Å². The van der Waals surface area contributed by atoms with Gasteiger partial charge in [-0.05, 0) is 33.1 Å². The van der Waals surface area contributed by atoms with Gasteiger partial charge in [0.25, 0.3) is 0 Å². The van der Waals surface area contributed by atoms with Gasteiger partial charge >= 0.3 is 0 Å². The van der Waals surface area contributed by atoms with Crippen LogP contribution in [0.15, 0.2) is 0 Å². The van der Waals surface area contributed by atoms with Crippen LogP contribution in [-0.2, 0) is 9.53 Å². The van der Waals surface area contributed by atoms with E-state index in [0.717, 1.165) is 6.42 Å². The van der Waals surface area contributed by atoms with Crippen LogP contribution in [-0.4, -0.2) is 24.2 Å². The fraction of sp³-hybridized carbons (Fsp3) is 0.900. The van der Waals surface area contributed by atoms with E-state index in [1.165, 1.54) is 0 Å². The summed E-state index contributed by atoms with van der Waals surface area (Å²) in [5, 5.41) is 2.93. The van der Waals surface area contributed by atoms with Crippen molar-refractivity contribution < 1.29 is 9.53 Å². The zero-order valence-corrected chi connectivity index (χ0v) is 8.89. The molecule has 13 heavy (non-hydrogen) atoms. The molecule has 2 unspecified atom stereocenters. The minimum absolute atomic E-state index is 0.0255. The normalized spacial score (nSPS) is 28.9. The van der Waals surface area contributed by atoms with Crippen LogP contribution in [0.3, 0.4) is 0 Å². The molecule has 1 amide bonds. The smallest absolute Gasteiger partial charge is 0.249 e. The molecule has 0 aromatic heterocycles. The van der Waals surface area contributed by atoms with Gasteiger partial charge in [0.05, 0.1) is 0 Å². The molecule has 0 spiro atoms. The molecule has 0 aliphatic carbocycles. The van der Waals surface area contributed by atoms with E-state index in [2.05, 4.69) is 12.2 Å². The van der Waals surface area contributed by atoms with Crippen LogP contribution < -0.4 is 5.32 Å². The largest absolute Gasteiger partial charge is 0.368 e. The zero-order chi connectivity index (χ0) is 10.1. The van der Waals surface area contributed by atoms with Crippen LogP contribution >= 0.6 is 0 Å². The Morgan fingerprint density at radius 3 is 2.46 bits per heavy atom. The molecule has 1 saturated heterocycles. The number of rotatable bonds is 1. The molecule has 0 bridgehead atoms. The summed E-state index contributed by atoms with van der Waals surface area (Å²) in [7, 11) is 0. The maximum atomic E-state index is 11.6. The van der Waals surface area contributed by atoms with Crippen molar-refractivity contribution in [2.75, 3.05) is 6.61 Å². The van der Waals surface area contributed by atoms with E-state index in [-0.39, 0.29) is 17.6 Å². The SMILES string of the molecule is CC1CCOC1C(=O)NC(C)(C)C. The quantitative estimate of drug-likeness (QED) is 0.669. The van der Waals surface area contributed by atoms with Gasteiger partial charge in [-0.25, -0.2) is 0 Å². The van der Waals surface area contributed by atoms with Gasteiger partial charge in [-0.1, -0.05) is 6.92 Å². The van der Waals surface area contributed by atoms with Crippen LogP contribution in [0.1, 0.15) is 34.1 Å². The van der Waals surface area contributed by atoms with E-state index >= 15 is 0 Å². The van der Waals surface area contributed by atoms with Crippen LogP contribution in [0.4, 0.5) is 0 Å². The molecule has 76 valence electrons. The number of carbonyl (C=O) groups excluding carboxylic acids is 1. The Balaban J connectivity index is 2.48. The first-order valence-electron chi connectivity index (χ1n) is 4.84. The second-order valence-electron chi connectivity index (χ2n) is 4.80. The number of hydrogen-bond donors (Lipinski definition) is 1. The molecule has 3 nitrogen and oxygen atoms in total. The second-order valence-corrected chi connectivity index (χ2v) is 4.80. The molecule has 1 heterocycles. The van der Waals surface area contributed by atoms with Gasteiger partial charge in [0.2, 0.25) is 5.91 Å². The summed E-state index contributed by atoms with van der Waals surface area (Å²) in [5.74, 6) is 0.375. The Morgan fingerprint density at radius 1 is 1.46 bits per heavy atom. The average Bonchev–Trinajstić information content (AvgIpc) is 2.30. The highest BCUT2D eigenvalue weighted by Crippen LogP contribution is 2.20. The molecule has 1 aliphatic heterocycles. The summed E-state index contributed by atoms with van der Waals surface area (Å²) in [6, 6.07) is 0. The third-order valence-corrected chi connectivity index (χ3v) is 2.14. The number of nitrogens with one attached hydrogen (secondary N) is 1. The van der Waals surface area contributed by atoms with Crippen molar-refractivity contribution >= 4 is 5.91 Å². The van der Waals surface area contributed by atoms with Crippen molar-refractivity contribution in [2.45, 2.75) is 45.8 Å². The van der Waals surface area contributed by atoms with E-state index in [1.54, 1.807) is 0 Å². The lowest BCUT2D eigenvalue weighted by Crippen LogP contribution is -2.47. The Hall–Kier alpha value is -0.570. The highest BCUT2D eigenvalue weighted by atomic mass is 16.5. The van der Waals surface area contributed by atoms with Crippen molar-refractivity contribution in [3.05, 3.63) is 0 Å². The lowest BCUT2D eigenvalue weighted by Gasteiger charge is -2.24. The summed E-state index contributed by atoms with van der Waals surface area (Å²) in [6.07, 6.45) is 0.751. The highest BCUT2D eigenvalue weighted by Gasteiger charge is 2.32. The van der Waals surface area contributed by atoms with E-state index in [4.69, 9.17) is 4.74 Å². The van der Waals surface area contributed by atoms with E-state index in [1.807, 2.05) is 20.8 Å². The lowest BCUT2D eigenvalue weighted by atomic mass is 10.0. The summed E-state index contributed by atoms with van der Waals surface area (Å²) < 4.78 is 5.36. The molecule has 1 N–H and O–H groups in total. The molecule has 0 radical (unpaired) electrons. The molecule has 2 atom stereocenters. The third kappa shape index (κ3) is 2.99. The van der Waals surface area contributed by atoms with Crippen LogP contribution in [0.25, 0.3) is 0 Å². The van der Waals surface area contributed by atoms with Gasteiger partial charge in [0, 0.05) is 12.1 Å². The Morgan fingerprint density at radius 2 is 2.08 bits per heavy atom. The van der Waals surface area contributed by atoms with Crippen LogP contribution in [0.2, 0.25) is 0 Å². The van der Waals surface area contributed by atoms with Crippen molar-refractivity contribution in [2.24, 2.45) is 5.92 Å². The zero-order valence-electron chi connectivity index (χ0n) is 8.89. The van der Waals surface area contributed by atoms with Gasteiger partial charge in [-0.3, -0.25) is 4.79 Å². The molecule has 0 saturated carbocycles. The molecule has 1 rings (SSSR count). The molecule has 3 heteroatoms. The standard InChI is InChI=1S/C10H19NO2/c1-7-5-6-13-8(7)9(12)11-10(2,3)4/h7-8H,5-6H2,1-4H3,(H,11,12). The second kappa shape index (κ2) is 3.66. The highest BCUT2D eigenvalue weighted by molar-refractivity contribution is 5.81. The summed E-state index contributed by atoms with van der Waals surface area (Å²) in [4.78, 5) is 11.6. The van der Waals surface area contributed by atoms with Gasteiger partial charge < -0.3 is 10.1 Å². The first-order chi connectivity index (χ1) is 5.90. The molecule has 1 fully saturated rings. The summed E-state index contributed by atoms with van der Waals surface area (Å²) in [6.45, 7) is 8.70. The Bertz CT molecular complexity index is 196. The third-order valence-electron chi connectivity index (χ3n) is 2.14. The first kappa shape index (κ1) is 10.5. The summed E-state index contributed by atoms with van der Waals surface area (Å²) >= 11 is 0. The Labute approximate surface area is 79.8 Å². The molecule has 1 aliphatic rings. The minimum atomic E-state index is -0.237. The monoisotopic (exact) mass is 185 g/mol. The lowest BCUT2D eigenvalue weighted by molar-refractivity contribution is -0.133. The molecule has 0 aromatic carbocycles. The maximum Gasteiger partial charge on any atom is 0.249 e. The average molecular weight is 185 g/mol. The molecular formula is C10H19NO2. The first-order valence-corrected chi connectivity index (χ1v) is 4.84. The van der Waals surface area contributed by atoms with Gasteiger partial charge in [-0.2, -0.15) is 0 Å². The van der Waals surface area contributed by atoms with E-state index < -0.39 is 0 Å². The van der Waals surface area contributed by atoms with Crippen molar-refractivity contribution in [1.29, 1.82) is 0 Å². The minimum Gasteiger partial charge on any atom is -0.368 e. The van der Waals surface area contributed by atoms with Crippen molar-refractivity contribution in [1.82, 2.24) is 5.32 Å². The summed E-state index contributed by atoms with van der Waals surface area (Å²) in [5.41, 5.74) is -0.164. The predicted octanol–water partition coefficient (Wildman–Crippen LogP) is 1.33. The number of amides is 1. The molecule has 0 aromatic rings. The number of hydrogen-bond acceptors (Lipinski definition) is 2. The maximum absolute atomic E-state index is 11.6. The fourth-order valence-corrected chi connectivity index (χ4v) is 1.47. The van der Waals surface area contributed by atoms with Crippen molar-refractivity contribution in [3.8, 4) is 0 Å². The van der Waals surface area contributed by atoms with Gasteiger partial charge in [0.15, 0.2) is 0 Å². The van der Waals surface area contributed by atoms with Gasteiger partial charge in [0.1, 0.15) is 6.10 Å². The fourth-order valence-electron chi connectivity index (χ4n) is 1.47. The van der Waals surface area contributed by atoms with E-state index in [0.29, 0.717) is 12.5 Å². The number of ether oxygens (including phenoxy) is 1. The predicted molar refractivity (Wildman–Crippen MR) is 51.4 cm³/mol. The van der Waals surface area contributed by atoms with Gasteiger partial charge in [-0.15, -0.1) is 0 Å². The van der Waals surface area contributed by atoms with Crippen molar-refractivity contribution in [3.63, 3.8) is 0 Å². The van der Waals surface area contributed by atoms with Crippen LogP contribution in [0, 0.1) is 5.92 Å². The molecular weight excluding hydrogens is 166 g/mol. The Kier molecular flexibility index (Phi) is 2.96. The number of carbonyl (C=O) groups is 1.